The van der Waals surface area contributed by atoms with Gasteiger partial charge in [-0.05, 0) is 0 Å². The van der Waals surface area contributed by atoms with Crippen LogP contribution in [0.1, 0.15) is 0 Å². The van der Waals surface area contributed by atoms with E-state index in [1.165, 1.54) is 7.11 Å². The van der Waals surface area contributed by atoms with Crippen molar-refractivity contribution in [3.8, 4) is 0 Å². The van der Waals surface area contributed by atoms with E-state index in [9.17, 15) is 30.6 Å². The van der Waals surface area contributed by atoms with Crippen molar-refractivity contribution in [2.75, 3.05) is 20.3 Å². The summed E-state index contributed by atoms with van der Waals surface area (Å²) >= 11 is 0. The van der Waals surface area contributed by atoms with E-state index in [4.69, 9.17) is 24.1 Å². The average molecular weight is 356 g/mol. The minimum absolute atomic E-state index is 0.592. The molecule has 0 spiro atoms. The van der Waals surface area contributed by atoms with Crippen LogP contribution in [0.3, 0.4) is 0 Å². The van der Waals surface area contributed by atoms with Gasteiger partial charge in [0.15, 0.2) is 12.6 Å². The van der Waals surface area contributed by atoms with E-state index in [1.807, 2.05) is 0 Å². The van der Waals surface area contributed by atoms with E-state index in [1.54, 1.807) is 0 Å². The maximum Gasteiger partial charge on any atom is 0.187 e. The van der Waals surface area contributed by atoms with Gasteiger partial charge < -0.3 is 54.7 Å². The molecular formula is C13H24O11. The number of aliphatic hydroxyl groups excluding tert-OH is 7. The fourth-order valence-electron chi connectivity index (χ4n) is 2.75. The molecular weight excluding hydrogens is 332 g/mol. The monoisotopic (exact) mass is 356 g/mol. The van der Waals surface area contributed by atoms with Gasteiger partial charge in [0.05, 0.1) is 13.2 Å². The summed E-state index contributed by atoms with van der Waals surface area (Å²) in [5.74, 6) is 0. The summed E-state index contributed by atoms with van der Waals surface area (Å²) in [5, 5.41) is 68.0. The summed E-state index contributed by atoms with van der Waals surface area (Å²) in [7, 11) is 1.24. The Bertz CT molecular complexity index is 392. The molecule has 2 fully saturated rings. The van der Waals surface area contributed by atoms with Crippen LogP contribution in [0.15, 0.2) is 0 Å². The van der Waals surface area contributed by atoms with Crippen molar-refractivity contribution in [1.82, 2.24) is 0 Å². The summed E-state index contributed by atoms with van der Waals surface area (Å²) < 4.78 is 20.6. The van der Waals surface area contributed by atoms with Crippen LogP contribution >= 0.6 is 0 Å². The van der Waals surface area contributed by atoms with Crippen LogP contribution in [0.5, 0.6) is 0 Å². The van der Waals surface area contributed by atoms with Crippen molar-refractivity contribution in [2.24, 2.45) is 0 Å². The van der Waals surface area contributed by atoms with Gasteiger partial charge in [0.1, 0.15) is 48.8 Å². The molecule has 24 heavy (non-hydrogen) atoms. The van der Waals surface area contributed by atoms with Gasteiger partial charge in [0, 0.05) is 7.11 Å². The smallest absolute Gasteiger partial charge is 0.187 e. The number of hydrogen-bond acceptors (Lipinski definition) is 11. The molecule has 0 bridgehead atoms. The lowest BCUT2D eigenvalue weighted by Gasteiger charge is -2.45. The van der Waals surface area contributed by atoms with E-state index < -0.39 is 74.6 Å². The first-order chi connectivity index (χ1) is 11.3. The third-order valence-corrected chi connectivity index (χ3v) is 4.19. The van der Waals surface area contributed by atoms with Gasteiger partial charge >= 0.3 is 0 Å². The minimum atomic E-state index is -1.69. The molecule has 2 aliphatic heterocycles. The predicted molar refractivity (Wildman–Crippen MR) is 73.4 cm³/mol. The number of methoxy groups -OCH3 is 1. The molecule has 11 heteroatoms. The molecule has 11 nitrogen and oxygen atoms in total. The topological polar surface area (TPSA) is 179 Å². The Morgan fingerprint density at radius 2 is 1.25 bits per heavy atom. The van der Waals surface area contributed by atoms with Gasteiger partial charge in [-0.1, -0.05) is 0 Å². The van der Waals surface area contributed by atoms with Crippen molar-refractivity contribution in [2.45, 2.75) is 61.4 Å². The highest BCUT2D eigenvalue weighted by Gasteiger charge is 2.50. The standard InChI is InChI=1S/C13H24O11/c1-21-12-10(20)8(18)11(5(3-15)23-12)24-13-9(19)7(17)6(16)4(2-14)22-13/h4-20H,2-3H2,1H3/t4-,5?,6+,7-,8+,9?,10?,11-,12-,13+/m1/s1. The van der Waals surface area contributed by atoms with Crippen molar-refractivity contribution < 1.29 is 54.7 Å². The molecule has 3 unspecified atom stereocenters. The molecule has 0 aromatic heterocycles. The summed E-state index contributed by atoms with van der Waals surface area (Å²) in [5.41, 5.74) is 0. The van der Waals surface area contributed by atoms with Crippen molar-refractivity contribution in [3.05, 3.63) is 0 Å². The molecule has 2 rings (SSSR count). The molecule has 0 amide bonds. The highest BCUT2D eigenvalue weighted by atomic mass is 16.7. The third-order valence-electron chi connectivity index (χ3n) is 4.19. The van der Waals surface area contributed by atoms with Crippen LogP contribution in [0.2, 0.25) is 0 Å². The first kappa shape index (κ1) is 19.9. The Hall–Kier alpha value is -0.440. The second-order valence-corrected chi connectivity index (χ2v) is 5.74. The first-order valence-corrected chi connectivity index (χ1v) is 7.46. The molecule has 0 aromatic rings. The Morgan fingerprint density at radius 3 is 1.79 bits per heavy atom. The average Bonchev–Trinajstić information content (AvgIpc) is 2.59. The second kappa shape index (κ2) is 8.29. The zero-order valence-electron chi connectivity index (χ0n) is 13.0. The van der Waals surface area contributed by atoms with Crippen LogP contribution in [-0.2, 0) is 18.9 Å². The lowest BCUT2D eigenvalue weighted by atomic mass is 9.97. The Labute approximate surface area is 137 Å². The van der Waals surface area contributed by atoms with Gasteiger partial charge in [0.25, 0.3) is 0 Å². The molecule has 2 aliphatic rings. The second-order valence-electron chi connectivity index (χ2n) is 5.74. The fraction of sp³-hybridized carbons (Fsp3) is 1.00. The van der Waals surface area contributed by atoms with Crippen LogP contribution in [0.25, 0.3) is 0 Å². The normalized spacial score (nSPS) is 50.0. The van der Waals surface area contributed by atoms with E-state index >= 15 is 0 Å². The largest absolute Gasteiger partial charge is 0.394 e. The summed E-state index contributed by atoms with van der Waals surface area (Å²) in [6.45, 7) is -1.24. The maximum absolute atomic E-state index is 10.2. The zero-order chi connectivity index (χ0) is 18.0. The van der Waals surface area contributed by atoms with Crippen molar-refractivity contribution >= 4 is 0 Å². The highest BCUT2D eigenvalue weighted by molar-refractivity contribution is 4.93. The lowest BCUT2D eigenvalue weighted by Crippen LogP contribution is -2.64. The van der Waals surface area contributed by atoms with Crippen LogP contribution < -0.4 is 0 Å². The lowest BCUT2D eigenvalue weighted by molar-refractivity contribution is -0.357. The van der Waals surface area contributed by atoms with E-state index in [0.717, 1.165) is 0 Å². The van der Waals surface area contributed by atoms with Gasteiger partial charge in [-0.2, -0.15) is 0 Å². The van der Waals surface area contributed by atoms with Crippen molar-refractivity contribution in [1.29, 1.82) is 0 Å². The third kappa shape index (κ3) is 3.71. The quantitative estimate of drug-likeness (QED) is 0.251. The van der Waals surface area contributed by atoms with Crippen LogP contribution in [0.4, 0.5) is 0 Å². The predicted octanol–water partition coefficient (Wildman–Crippen LogP) is -4.74. The SMILES string of the molecule is CO[C@@H]1OC(CO)[C@@H](O[C@@H]2O[C@H](CO)[C@H](O)[C@@H](O)C2O)[C@@H](O)C1O. The number of ether oxygens (including phenoxy) is 4. The maximum atomic E-state index is 10.2. The molecule has 2 saturated heterocycles. The summed E-state index contributed by atoms with van der Waals surface area (Å²) in [4.78, 5) is 0. The van der Waals surface area contributed by atoms with Crippen LogP contribution in [0, 0.1) is 0 Å². The van der Waals surface area contributed by atoms with Gasteiger partial charge in [-0.25, -0.2) is 0 Å². The number of aliphatic hydroxyl groups is 7. The zero-order valence-corrected chi connectivity index (χ0v) is 13.0. The number of hydrogen-bond donors (Lipinski definition) is 7. The molecule has 0 aromatic carbocycles. The Balaban J connectivity index is 2.12. The molecule has 7 N–H and O–H groups in total. The van der Waals surface area contributed by atoms with Gasteiger partial charge in [0.2, 0.25) is 0 Å². The molecule has 0 aliphatic carbocycles. The molecule has 142 valence electrons. The highest BCUT2D eigenvalue weighted by Crippen LogP contribution is 2.29. The minimum Gasteiger partial charge on any atom is -0.394 e. The van der Waals surface area contributed by atoms with E-state index in [2.05, 4.69) is 0 Å². The number of rotatable bonds is 5. The first-order valence-electron chi connectivity index (χ1n) is 7.46. The molecule has 0 radical (unpaired) electrons. The van der Waals surface area contributed by atoms with Gasteiger partial charge in [-0.3, -0.25) is 0 Å². The molecule has 0 saturated carbocycles. The van der Waals surface area contributed by atoms with Gasteiger partial charge in [-0.15, -0.1) is 0 Å². The van der Waals surface area contributed by atoms with E-state index in [-0.39, 0.29) is 0 Å². The molecule has 2 heterocycles. The summed E-state index contributed by atoms with van der Waals surface area (Å²) in [6.07, 6.45) is -14.3. The Kier molecular flexibility index (Phi) is 6.87. The molecule has 10 atom stereocenters. The summed E-state index contributed by atoms with van der Waals surface area (Å²) in [6, 6.07) is 0. The Morgan fingerprint density at radius 1 is 0.708 bits per heavy atom. The van der Waals surface area contributed by atoms with Crippen molar-refractivity contribution in [3.63, 3.8) is 0 Å². The fourth-order valence-corrected chi connectivity index (χ4v) is 2.75. The van der Waals surface area contributed by atoms with Crippen LogP contribution in [-0.4, -0.2) is 117 Å². The van der Waals surface area contributed by atoms with E-state index in [0.29, 0.717) is 0 Å².